The van der Waals surface area contributed by atoms with Crippen LogP contribution in [0.1, 0.15) is 31.7 Å². The third-order valence-corrected chi connectivity index (χ3v) is 2.88. The maximum absolute atomic E-state index is 11.7. The molecule has 2 atom stereocenters. The number of unbranched alkanes of at least 4 members (excludes halogenated alkanes) is 1. The van der Waals surface area contributed by atoms with E-state index in [0.29, 0.717) is 6.42 Å². The van der Waals surface area contributed by atoms with Crippen LogP contribution in [-0.2, 0) is 16.0 Å². The molecule has 4 nitrogen and oxygen atoms in total. The standard InChI is InChI=1S/C15H20NO3/c1-2-3-9-13(11-17)16-15(19)14(18)10-12-7-5-4-6-8-12/h4-8,13-14,18H,2-3,9-10H2,1H3,(H,16,19)/t13-,14?/m0/s1. The van der Waals surface area contributed by atoms with E-state index in [1.165, 1.54) is 0 Å². The minimum absolute atomic E-state index is 0.242. The number of rotatable bonds is 8. The van der Waals surface area contributed by atoms with E-state index in [9.17, 15) is 14.7 Å². The molecule has 0 bridgehead atoms. The van der Waals surface area contributed by atoms with Gasteiger partial charge in [-0.3, -0.25) is 9.59 Å². The molecule has 0 aliphatic heterocycles. The Morgan fingerprint density at radius 1 is 1.37 bits per heavy atom. The molecule has 0 fully saturated rings. The Morgan fingerprint density at radius 2 is 2.05 bits per heavy atom. The van der Waals surface area contributed by atoms with Crippen molar-refractivity contribution >= 4 is 12.2 Å². The highest BCUT2D eigenvalue weighted by molar-refractivity contribution is 5.83. The van der Waals surface area contributed by atoms with Crippen molar-refractivity contribution in [3.8, 4) is 0 Å². The van der Waals surface area contributed by atoms with Gasteiger partial charge in [-0.1, -0.05) is 50.1 Å². The molecule has 4 heteroatoms. The Kier molecular flexibility index (Phi) is 6.82. The molecule has 1 aromatic carbocycles. The molecule has 19 heavy (non-hydrogen) atoms. The first kappa shape index (κ1) is 15.4. The third-order valence-electron chi connectivity index (χ3n) is 2.88. The van der Waals surface area contributed by atoms with Crippen molar-refractivity contribution in [2.45, 2.75) is 44.8 Å². The maximum atomic E-state index is 11.7. The minimum Gasteiger partial charge on any atom is -0.383 e. The molecule has 0 saturated carbocycles. The zero-order chi connectivity index (χ0) is 14.1. The number of amides is 1. The fourth-order valence-corrected chi connectivity index (χ4v) is 1.77. The van der Waals surface area contributed by atoms with Gasteiger partial charge in [0.1, 0.15) is 6.10 Å². The van der Waals surface area contributed by atoms with E-state index < -0.39 is 18.1 Å². The lowest BCUT2D eigenvalue weighted by molar-refractivity contribution is -0.129. The number of carbonyl (C=O) groups is 1. The van der Waals surface area contributed by atoms with E-state index in [0.717, 1.165) is 18.4 Å². The predicted octanol–water partition coefficient (Wildman–Crippen LogP) is 1.37. The largest absolute Gasteiger partial charge is 0.383 e. The molecule has 0 aliphatic rings. The lowest BCUT2D eigenvalue weighted by atomic mass is 10.1. The fraction of sp³-hybridized carbons (Fsp3) is 0.467. The van der Waals surface area contributed by atoms with Crippen LogP contribution < -0.4 is 5.32 Å². The van der Waals surface area contributed by atoms with E-state index in [-0.39, 0.29) is 6.42 Å². The van der Waals surface area contributed by atoms with Gasteiger partial charge in [0.25, 0.3) is 0 Å². The number of aliphatic hydroxyl groups is 1. The summed E-state index contributed by atoms with van der Waals surface area (Å²) in [5, 5.41) is 12.3. The van der Waals surface area contributed by atoms with Gasteiger partial charge in [-0.15, -0.1) is 0 Å². The molecule has 0 aliphatic carbocycles. The van der Waals surface area contributed by atoms with Crippen molar-refractivity contribution in [3.05, 3.63) is 35.9 Å². The number of hydrogen-bond acceptors (Lipinski definition) is 3. The normalized spacial score (nSPS) is 13.6. The second kappa shape index (κ2) is 8.43. The van der Waals surface area contributed by atoms with Crippen molar-refractivity contribution in [1.29, 1.82) is 0 Å². The van der Waals surface area contributed by atoms with Crippen molar-refractivity contribution in [2.75, 3.05) is 0 Å². The minimum atomic E-state index is -1.14. The summed E-state index contributed by atoms with van der Waals surface area (Å²) in [4.78, 5) is 22.4. The second-order valence-corrected chi connectivity index (χ2v) is 4.53. The summed E-state index contributed by atoms with van der Waals surface area (Å²) in [5.74, 6) is -0.520. The van der Waals surface area contributed by atoms with Crippen molar-refractivity contribution in [3.63, 3.8) is 0 Å². The number of hydrogen-bond donors (Lipinski definition) is 2. The molecular weight excluding hydrogens is 242 g/mol. The van der Waals surface area contributed by atoms with E-state index in [1.54, 1.807) is 6.29 Å². The van der Waals surface area contributed by atoms with Crippen LogP contribution in [0.15, 0.2) is 30.3 Å². The second-order valence-electron chi connectivity index (χ2n) is 4.53. The molecule has 0 spiro atoms. The van der Waals surface area contributed by atoms with Crippen LogP contribution in [0.4, 0.5) is 0 Å². The molecule has 0 aromatic heterocycles. The summed E-state index contributed by atoms with van der Waals surface area (Å²) in [5.41, 5.74) is 0.880. The molecule has 1 radical (unpaired) electrons. The van der Waals surface area contributed by atoms with Crippen LogP contribution in [0, 0.1) is 0 Å². The van der Waals surface area contributed by atoms with Gasteiger partial charge >= 0.3 is 0 Å². The quantitative estimate of drug-likeness (QED) is 0.743. The van der Waals surface area contributed by atoms with E-state index in [1.807, 2.05) is 37.3 Å². The Hall–Kier alpha value is -1.68. The summed E-state index contributed by atoms with van der Waals surface area (Å²) >= 11 is 0. The van der Waals surface area contributed by atoms with Crippen molar-refractivity contribution in [1.82, 2.24) is 5.32 Å². The fourth-order valence-electron chi connectivity index (χ4n) is 1.77. The highest BCUT2D eigenvalue weighted by Crippen LogP contribution is 2.04. The Balaban J connectivity index is 2.45. The first-order valence-electron chi connectivity index (χ1n) is 6.57. The summed E-state index contributed by atoms with van der Waals surface area (Å²) in [6.45, 7) is 2.01. The molecule has 1 aromatic rings. The zero-order valence-electron chi connectivity index (χ0n) is 11.1. The van der Waals surface area contributed by atoms with E-state index in [4.69, 9.17) is 0 Å². The van der Waals surface area contributed by atoms with Gasteiger partial charge in [0.05, 0.1) is 6.04 Å². The maximum Gasteiger partial charge on any atom is 0.249 e. The molecule has 103 valence electrons. The summed E-state index contributed by atoms with van der Waals surface area (Å²) in [6, 6.07) is 8.64. The lowest BCUT2D eigenvalue weighted by Crippen LogP contribution is -2.43. The molecule has 1 unspecified atom stereocenters. The van der Waals surface area contributed by atoms with Crippen molar-refractivity contribution < 1.29 is 14.7 Å². The van der Waals surface area contributed by atoms with Gasteiger partial charge in [0.15, 0.2) is 0 Å². The number of benzene rings is 1. The van der Waals surface area contributed by atoms with Crippen LogP contribution in [-0.4, -0.2) is 29.4 Å². The molecule has 1 rings (SSSR count). The smallest absolute Gasteiger partial charge is 0.249 e. The van der Waals surface area contributed by atoms with Crippen LogP contribution >= 0.6 is 0 Å². The number of aliphatic hydroxyl groups excluding tert-OH is 1. The topological polar surface area (TPSA) is 66.4 Å². The summed E-state index contributed by atoms with van der Waals surface area (Å²) < 4.78 is 0. The van der Waals surface area contributed by atoms with Gasteiger partial charge in [-0.05, 0) is 12.0 Å². The molecule has 1 amide bonds. The Labute approximate surface area is 113 Å². The van der Waals surface area contributed by atoms with Gasteiger partial charge in [0.2, 0.25) is 12.2 Å². The van der Waals surface area contributed by atoms with Crippen LogP contribution in [0.3, 0.4) is 0 Å². The first-order valence-corrected chi connectivity index (χ1v) is 6.57. The third kappa shape index (κ3) is 5.66. The van der Waals surface area contributed by atoms with Crippen LogP contribution in [0.5, 0.6) is 0 Å². The highest BCUT2D eigenvalue weighted by Gasteiger charge is 2.19. The molecule has 0 heterocycles. The van der Waals surface area contributed by atoms with Gasteiger partial charge in [-0.25, -0.2) is 0 Å². The zero-order valence-corrected chi connectivity index (χ0v) is 11.1. The van der Waals surface area contributed by atoms with E-state index in [2.05, 4.69) is 5.32 Å². The van der Waals surface area contributed by atoms with Crippen molar-refractivity contribution in [2.24, 2.45) is 0 Å². The average molecular weight is 262 g/mol. The van der Waals surface area contributed by atoms with E-state index >= 15 is 0 Å². The number of nitrogens with one attached hydrogen (secondary N) is 1. The Morgan fingerprint density at radius 3 is 2.63 bits per heavy atom. The van der Waals surface area contributed by atoms with Gasteiger partial charge in [-0.2, -0.15) is 0 Å². The summed E-state index contributed by atoms with van der Waals surface area (Å²) in [6.07, 6.45) is 3.24. The van der Waals surface area contributed by atoms with Crippen LogP contribution in [0.25, 0.3) is 0 Å². The number of carbonyl (C=O) groups excluding carboxylic acids is 2. The molecule has 2 N–H and O–H groups in total. The average Bonchev–Trinajstić information content (AvgIpc) is 2.44. The lowest BCUT2D eigenvalue weighted by Gasteiger charge is -2.15. The highest BCUT2D eigenvalue weighted by atomic mass is 16.3. The summed E-state index contributed by atoms with van der Waals surface area (Å²) in [7, 11) is 0. The van der Waals surface area contributed by atoms with Gasteiger partial charge < -0.3 is 10.4 Å². The Bertz CT molecular complexity index is 392. The predicted molar refractivity (Wildman–Crippen MR) is 73.3 cm³/mol. The SMILES string of the molecule is CCCC[C@@H]([C]=O)NC(=O)C(O)Cc1ccccc1. The first-order chi connectivity index (χ1) is 9.17. The molecule has 0 saturated heterocycles. The monoisotopic (exact) mass is 262 g/mol. The van der Waals surface area contributed by atoms with Crippen LogP contribution in [0.2, 0.25) is 0 Å². The van der Waals surface area contributed by atoms with Gasteiger partial charge in [0, 0.05) is 6.42 Å². The molecular formula is C15H20NO3.